The summed E-state index contributed by atoms with van der Waals surface area (Å²) in [6, 6.07) is 0. The van der Waals surface area contributed by atoms with Crippen molar-refractivity contribution in [3.8, 4) is 0 Å². The van der Waals surface area contributed by atoms with Crippen LogP contribution in [0.5, 0.6) is 0 Å². The summed E-state index contributed by atoms with van der Waals surface area (Å²) >= 11 is 0. The van der Waals surface area contributed by atoms with Crippen molar-refractivity contribution in [2.45, 2.75) is 6.92 Å². The second-order valence-electron chi connectivity index (χ2n) is 0.316. The van der Waals surface area contributed by atoms with E-state index < -0.39 is 0 Å². The molecule has 0 unspecified atom stereocenters. The van der Waals surface area contributed by atoms with E-state index in [1.54, 1.807) is 6.92 Å². The molecule has 0 aliphatic rings. The van der Waals surface area contributed by atoms with Crippen LogP contribution in [0.4, 0.5) is 0 Å². The van der Waals surface area contributed by atoms with Gasteiger partial charge in [-0.05, 0) is 6.92 Å². The minimum atomic E-state index is 0. The van der Waals surface area contributed by atoms with Gasteiger partial charge in [-0.2, -0.15) is 0 Å². The van der Waals surface area contributed by atoms with Gasteiger partial charge < -0.3 is 21.5 Å². The van der Waals surface area contributed by atoms with Crippen molar-refractivity contribution in [2.24, 2.45) is 0 Å². The third kappa shape index (κ3) is 878. The van der Waals surface area contributed by atoms with Gasteiger partial charge in [0.1, 0.15) is 0 Å². The summed E-state index contributed by atoms with van der Waals surface area (Å²) in [4.78, 5) is 0. The number of rotatable bonds is 0. The molecule has 0 fully saturated rings. The first kappa shape index (κ1) is 53.2. The zero-order valence-electron chi connectivity index (χ0n) is 3.65. The van der Waals surface area contributed by atoms with Gasteiger partial charge in [0.2, 0.25) is 0 Å². The van der Waals surface area contributed by atoms with Crippen molar-refractivity contribution in [1.29, 1.82) is 0 Å². The van der Waals surface area contributed by atoms with Crippen molar-refractivity contribution >= 4 is 17.4 Å². The number of hydrogen-bond donors (Lipinski definition) is 1. The minimum absolute atomic E-state index is 0. The Kier molecular flexibility index (Phi) is 742. The topological polar surface area (TPSA) is 115 Å². The fourth-order valence-electron chi connectivity index (χ4n) is 0. The highest BCUT2D eigenvalue weighted by Crippen LogP contribution is 1.30. The van der Waals surface area contributed by atoms with Crippen LogP contribution in [0.1, 0.15) is 6.92 Å². The molecule has 0 spiro atoms. The van der Waals surface area contributed by atoms with E-state index >= 15 is 0 Å². The predicted octanol–water partition coefficient (Wildman–Crippen LogP) is -3.66. The Bertz CT molecular complexity index is 9.65. The fourth-order valence-corrected chi connectivity index (χ4v) is 0. The number of hydrogen-bond acceptors (Lipinski definition) is 1. The third-order valence-corrected chi connectivity index (χ3v) is 0. The van der Waals surface area contributed by atoms with Crippen LogP contribution >= 0.6 is 0 Å². The van der Waals surface area contributed by atoms with Gasteiger partial charge in [-0.3, -0.25) is 0 Å². The molecule has 0 aromatic heterocycles. The molecule has 50 valence electrons. The first-order valence-corrected chi connectivity index (χ1v) is 1.02. The van der Waals surface area contributed by atoms with Gasteiger partial charge in [-0.15, -0.1) is 0 Å². The fraction of sp³-hybridized carbons (Fsp3) is 1.00. The van der Waals surface area contributed by atoms with Crippen LogP contribution in [0.15, 0.2) is 0 Å². The maximum absolute atomic E-state index is 7.57. The molecule has 0 aliphatic heterocycles. The molecule has 0 bridgehead atoms. The van der Waals surface area contributed by atoms with E-state index in [0.717, 1.165) is 0 Å². The lowest BCUT2D eigenvalue weighted by atomic mass is 10.9. The Hall–Kier alpha value is 0.372. The van der Waals surface area contributed by atoms with Gasteiger partial charge >= 0.3 is 0 Å². The molecule has 0 saturated carbocycles. The van der Waals surface area contributed by atoms with E-state index in [0.29, 0.717) is 0 Å². The second-order valence-corrected chi connectivity index (χ2v) is 0.316. The quantitative estimate of drug-likeness (QED) is 0.334. The molecule has 5 heteroatoms. The highest BCUT2D eigenvalue weighted by molar-refractivity contribution is 5.75. The molecule has 0 rings (SSSR count). The molecular weight excluding hydrogens is 115 g/mol. The Morgan fingerprint density at radius 3 is 1.14 bits per heavy atom. The highest BCUT2D eigenvalue weighted by Gasteiger charge is 1.34. The normalized spacial score (nSPS) is 2.57. The molecule has 0 atom stereocenters. The van der Waals surface area contributed by atoms with Crippen LogP contribution < -0.4 is 0 Å². The Balaban J connectivity index is -0.00000000333. The van der Waals surface area contributed by atoms with Crippen LogP contribution in [-0.4, -0.2) is 45.5 Å². The zero-order chi connectivity index (χ0) is 2.71. The lowest BCUT2D eigenvalue weighted by Crippen LogP contribution is -1.57. The van der Waals surface area contributed by atoms with Crippen LogP contribution in [0.25, 0.3) is 0 Å². The molecule has 4 nitrogen and oxygen atoms in total. The standard InChI is InChI=1S/C2H6O.Al.3H2O.3H/c1-2-3;;;;;;;/h3H,2H2,1H3;;3*1H2;;;. The zero-order valence-corrected chi connectivity index (χ0v) is 3.65. The minimum Gasteiger partial charge on any atom is -0.412 e. The SMILES string of the molecule is CCO.O.O.O.[AlH3]. The van der Waals surface area contributed by atoms with Crippen molar-refractivity contribution in [1.82, 2.24) is 0 Å². The average Bonchev–Trinajstić information content (AvgIpc) is 0.918. The summed E-state index contributed by atoms with van der Waals surface area (Å²) in [5.74, 6) is 0. The van der Waals surface area contributed by atoms with E-state index in [2.05, 4.69) is 0 Å². The van der Waals surface area contributed by atoms with Crippen molar-refractivity contribution in [3.05, 3.63) is 0 Å². The van der Waals surface area contributed by atoms with Gasteiger partial charge in [0.15, 0.2) is 17.4 Å². The maximum Gasteiger partial charge on any atom is 0.187 e. The van der Waals surface area contributed by atoms with Gasteiger partial charge in [0.25, 0.3) is 0 Å². The maximum atomic E-state index is 7.57. The molecule has 0 heterocycles. The summed E-state index contributed by atoms with van der Waals surface area (Å²) in [6.07, 6.45) is 0. The predicted molar refractivity (Wildman–Crippen MR) is 33.5 cm³/mol. The first-order valence-electron chi connectivity index (χ1n) is 1.02. The Labute approximate surface area is 53.2 Å². The van der Waals surface area contributed by atoms with Gasteiger partial charge in [0.05, 0.1) is 0 Å². The summed E-state index contributed by atoms with van der Waals surface area (Å²) in [6.45, 7) is 1.93. The number of aliphatic hydroxyl groups is 1. The van der Waals surface area contributed by atoms with Gasteiger partial charge in [-0.25, -0.2) is 0 Å². The van der Waals surface area contributed by atoms with Gasteiger partial charge in [-0.1, -0.05) is 0 Å². The monoisotopic (exact) mass is 130 g/mol. The summed E-state index contributed by atoms with van der Waals surface area (Å²) in [7, 11) is 0. The van der Waals surface area contributed by atoms with Crippen LogP contribution in [0.2, 0.25) is 0 Å². The molecule has 7 heavy (non-hydrogen) atoms. The van der Waals surface area contributed by atoms with E-state index in [1.807, 2.05) is 0 Å². The van der Waals surface area contributed by atoms with E-state index in [4.69, 9.17) is 5.11 Å². The van der Waals surface area contributed by atoms with Crippen molar-refractivity contribution < 1.29 is 21.5 Å². The molecule has 0 radical (unpaired) electrons. The first-order chi connectivity index (χ1) is 1.41. The lowest BCUT2D eigenvalue weighted by Gasteiger charge is -1.52. The van der Waals surface area contributed by atoms with Crippen LogP contribution in [-0.2, 0) is 0 Å². The largest absolute Gasteiger partial charge is 0.412 e. The van der Waals surface area contributed by atoms with E-state index in [1.165, 1.54) is 0 Å². The molecule has 0 aromatic carbocycles. The smallest absolute Gasteiger partial charge is 0.187 e. The van der Waals surface area contributed by atoms with Crippen LogP contribution in [0, 0.1) is 0 Å². The highest BCUT2D eigenvalue weighted by atomic mass is 27.0. The molecule has 0 saturated heterocycles. The average molecular weight is 130 g/mol. The molecule has 7 N–H and O–H groups in total. The van der Waals surface area contributed by atoms with Crippen LogP contribution in [0.3, 0.4) is 0 Å². The third-order valence-electron chi connectivity index (χ3n) is 0. The van der Waals surface area contributed by atoms with Crippen molar-refractivity contribution in [3.63, 3.8) is 0 Å². The van der Waals surface area contributed by atoms with Gasteiger partial charge in [0, 0.05) is 6.61 Å². The molecule has 0 aromatic rings. The van der Waals surface area contributed by atoms with E-state index in [-0.39, 0.29) is 40.4 Å². The summed E-state index contributed by atoms with van der Waals surface area (Å²) < 4.78 is 0. The molecule has 0 amide bonds. The summed E-state index contributed by atoms with van der Waals surface area (Å²) in [5.41, 5.74) is 0. The number of aliphatic hydroxyl groups excluding tert-OH is 1. The molecular formula is C2H15AlO4. The Morgan fingerprint density at radius 2 is 1.14 bits per heavy atom. The molecule has 0 aliphatic carbocycles. The Morgan fingerprint density at radius 1 is 1.14 bits per heavy atom. The summed E-state index contributed by atoms with van der Waals surface area (Å²) in [5, 5.41) is 7.57. The lowest BCUT2D eigenvalue weighted by molar-refractivity contribution is 0.318. The van der Waals surface area contributed by atoms with Crippen molar-refractivity contribution in [2.75, 3.05) is 6.61 Å². The van der Waals surface area contributed by atoms with E-state index in [9.17, 15) is 0 Å². The second kappa shape index (κ2) is 97.6.